The van der Waals surface area contributed by atoms with E-state index in [1.807, 2.05) is 6.92 Å². The smallest absolute Gasteiger partial charge is 0.350 e. The Hall–Kier alpha value is -1.96. The van der Waals surface area contributed by atoms with E-state index in [9.17, 15) is 19.2 Å². The second-order valence-corrected chi connectivity index (χ2v) is 14.9. The molecule has 40 heavy (non-hydrogen) atoms. The summed E-state index contributed by atoms with van der Waals surface area (Å²) in [6, 6.07) is 0. The fourth-order valence-corrected chi connectivity index (χ4v) is 9.40. The lowest BCUT2D eigenvalue weighted by molar-refractivity contribution is -0.191. The van der Waals surface area contributed by atoms with Crippen LogP contribution in [0.2, 0.25) is 0 Å². The summed E-state index contributed by atoms with van der Waals surface area (Å²) in [5.74, 6) is 1.17. The van der Waals surface area contributed by atoms with Crippen molar-refractivity contribution in [2.45, 2.75) is 111 Å². The highest BCUT2D eigenvalue weighted by Gasteiger charge is 2.61. The molecule has 0 aromatic carbocycles. The fourth-order valence-electron chi connectivity index (χ4n) is 9.40. The zero-order valence-corrected chi connectivity index (χ0v) is 26.0. The zero-order chi connectivity index (χ0) is 29.7. The molecule has 226 valence electrons. The average Bonchev–Trinajstić information content (AvgIpc) is 3.19. The van der Waals surface area contributed by atoms with Crippen molar-refractivity contribution in [2.75, 3.05) is 27.2 Å². The third-order valence-corrected chi connectivity index (χ3v) is 11.4. The molecule has 0 amide bonds. The Labute approximate surface area is 240 Å². The molecule has 0 heterocycles. The van der Waals surface area contributed by atoms with E-state index in [4.69, 9.17) is 14.2 Å². The minimum atomic E-state index is -1.50. The molecule has 3 unspecified atom stereocenters. The summed E-state index contributed by atoms with van der Waals surface area (Å²) in [7, 11) is 3.46. The van der Waals surface area contributed by atoms with Gasteiger partial charge in [-0.3, -0.25) is 14.5 Å². The summed E-state index contributed by atoms with van der Waals surface area (Å²) < 4.78 is 16.4. The van der Waals surface area contributed by atoms with Crippen LogP contribution in [0.3, 0.4) is 0 Å². The molecule has 4 fully saturated rings. The number of hydrogen-bond donors (Lipinski definition) is 0. The lowest BCUT2D eigenvalue weighted by atomic mass is 9.44. The van der Waals surface area contributed by atoms with Crippen LogP contribution in [0.15, 0.2) is 0 Å². The van der Waals surface area contributed by atoms with E-state index in [1.165, 1.54) is 33.1 Å². The van der Waals surface area contributed by atoms with Crippen molar-refractivity contribution in [1.82, 2.24) is 4.90 Å². The maximum atomic E-state index is 12.8. The highest BCUT2D eigenvalue weighted by Crippen LogP contribution is 2.68. The van der Waals surface area contributed by atoms with Crippen LogP contribution in [0.5, 0.6) is 0 Å². The quantitative estimate of drug-likeness (QED) is 0.303. The van der Waals surface area contributed by atoms with Gasteiger partial charge in [0.15, 0.2) is 6.61 Å². The van der Waals surface area contributed by atoms with Gasteiger partial charge in [0.2, 0.25) is 5.60 Å². The number of Topliss-reactive ketones (excluding diaryl/α,β-unsaturated/α-hetero) is 1. The Morgan fingerprint density at radius 2 is 1.52 bits per heavy atom. The van der Waals surface area contributed by atoms with Gasteiger partial charge < -0.3 is 14.2 Å². The molecular formula is C32H51NO7. The summed E-state index contributed by atoms with van der Waals surface area (Å²) in [6.45, 7) is 11.1. The Balaban J connectivity index is 1.32. The summed E-state index contributed by atoms with van der Waals surface area (Å²) >= 11 is 0. The van der Waals surface area contributed by atoms with Gasteiger partial charge in [-0.1, -0.05) is 13.8 Å². The van der Waals surface area contributed by atoms with Crippen LogP contribution < -0.4 is 0 Å². The molecule has 4 rings (SSSR count). The molecule has 0 aromatic rings. The van der Waals surface area contributed by atoms with Gasteiger partial charge in [-0.25, -0.2) is 9.59 Å². The van der Waals surface area contributed by atoms with Gasteiger partial charge >= 0.3 is 17.9 Å². The monoisotopic (exact) mass is 561 g/mol. The first kappa shape index (κ1) is 31.0. The number of carbonyl (C=O) groups excluding carboxylic acids is 4. The van der Waals surface area contributed by atoms with Gasteiger partial charge in [-0.2, -0.15) is 0 Å². The van der Waals surface area contributed by atoms with Gasteiger partial charge in [0.1, 0.15) is 11.4 Å². The van der Waals surface area contributed by atoms with Gasteiger partial charge in [0.05, 0.1) is 6.54 Å². The van der Waals surface area contributed by atoms with Crippen LogP contribution in [0.25, 0.3) is 0 Å². The number of ether oxygens (including phenoxy) is 3. The Bertz CT molecular complexity index is 1020. The highest BCUT2D eigenvalue weighted by atomic mass is 16.6. The number of rotatable bonds is 8. The van der Waals surface area contributed by atoms with E-state index in [1.54, 1.807) is 25.9 Å². The van der Waals surface area contributed by atoms with Crippen molar-refractivity contribution in [3.63, 3.8) is 0 Å². The molecule has 0 saturated heterocycles. The second kappa shape index (κ2) is 11.0. The number of nitrogens with zero attached hydrogens (tertiary/aromatic N) is 1. The van der Waals surface area contributed by atoms with E-state index < -0.39 is 35.7 Å². The predicted octanol–water partition coefficient (Wildman–Crippen LogP) is 4.96. The molecule has 0 spiro atoms. The van der Waals surface area contributed by atoms with Gasteiger partial charge in [-0.05, 0) is 134 Å². The maximum absolute atomic E-state index is 12.8. The van der Waals surface area contributed by atoms with Crippen LogP contribution in [-0.4, -0.2) is 67.0 Å². The van der Waals surface area contributed by atoms with Crippen LogP contribution in [0.1, 0.15) is 99.3 Å². The van der Waals surface area contributed by atoms with E-state index >= 15 is 0 Å². The van der Waals surface area contributed by atoms with Crippen LogP contribution in [-0.2, 0) is 33.4 Å². The maximum Gasteiger partial charge on any atom is 0.350 e. The molecule has 4 saturated carbocycles. The lowest BCUT2D eigenvalue weighted by Crippen LogP contribution is -2.56. The average molecular weight is 562 g/mol. The summed E-state index contributed by atoms with van der Waals surface area (Å²) in [5.41, 5.74) is -1.71. The molecule has 0 aromatic heterocycles. The normalized spacial score (nSPS) is 39.0. The molecule has 8 nitrogen and oxygen atoms in total. The number of ketones is 1. The zero-order valence-electron chi connectivity index (χ0n) is 26.0. The molecule has 0 bridgehead atoms. The molecule has 4 aliphatic carbocycles. The minimum Gasteiger partial charge on any atom is -0.457 e. The van der Waals surface area contributed by atoms with E-state index in [-0.39, 0.29) is 23.3 Å². The van der Waals surface area contributed by atoms with Crippen molar-refractivity contribution < 1.29 is 33.4 Å². The second-order valence-electron chi connectivity index (χ2n) is 14.9. The number of hydrogen-bond acceptors (Lipinski definition) is 8. The molecule has 0 aliphatic heterocycles. The first-order chi connectivity index (χ1) is 18.5. The van der Waals surface area contributed by atoms with Crippen LogP contribution in [0.4, 0.5) is 0 Å². The first-order valence-corrected chi connectivity index (χ1v) is 15.3. The topological polar surface area (TPSA) is 99.2 Å². The van der Waals surface area contributed by atoms with Crippen molar-refractivity contribution >= 4 is 23.7 Å². The molecule has 4 aliphatic rings. The fraction of sp³-hybridized carbons (Fsp3) is 0.875. The van der Waals surface area contributed by atoms with Gasteiger partial charge in [-0.15, -0.1) is 0 Å². The Morgan fingerprint density at radius 3 is 2.17 bits per heavy atom. The Kier molecular flexibility index (Phi) is 8.55. The standard InChI is InChI=1S/C32H51NO7/c1-20(34)23-11-12-24-22-10-9-21-17-30(4,15-16-31(21,5)25(22)13-14-32(23,24)6)40-27(36)19-38-28(37)29(2,3)39-26(35)18-33(7)8/h21-25H,9-19H2,1-8H3/t21?,22-,23+,24?,25?,30+,31-,32+/m0/s1. The van der Waals surface area contributed by atoms with Crippen LogP contribution >= 0.6 is 0 Å². The van der Waals surface area contributed by atoms with Crippen molar-refractivity contribution in [3.05, 3.63) is 0 Å². The van der Waals surface area contributed by atoms with Gasteiger partial charge in [0.25, 0.3) is 0 Å². The summed E-state index contributed by atoms with van der Waals surface area (Å²) in [4.78, 5) is 51.4. The molecule has 8 heteroatoms. The third-order valence-electron chi connectivity index (χ3n) is 11.4. The van der Waals surface area contributed by atoms with E-state index in [0.717, 1.165) is 38.5 Å². The molecule has 0 radical (unpaired) electrons. The van der Waals surface area contributed by atoms with Crippen LogP contribution in [0, 0.1) is 40.4 Å². The largest absolute Gasteiger partial charge is 0.457 e. The van der Waals surface area contributed by atoms with Crippen molar-refractivity contribution in [2.24, 2.45) is 40.4 Å². The minimum absolute atomic E-state index is 0.0394. The number of fused-ring (bicyclic) bond motifs is 5. The van der Waals surface area contributed by atoms with Crippen molar-refractivity contribution in [3.8, 4) is 0 Å². The lowest BCUT2D eigenvalue weighted by Gasteiger charge is -2.62. The highest BCUT2D eigenvalue weighted by molar-refractivity contribution is 5.85. The SMILES string of the molecule is CC(=O)[C@H]1CCC2[C@@H]3CCC4C[C@](C)(OC(=O)COC(=O)C(C)(C)OC(=O)CN(C)C)CC[C@]4(C)C3CC[C@@]21C. The number of likely N-dealkylation sites (N-methyl/N-ethyl adjacent to an activating group) is 1. The summed E-state index contributed by atoms with van der Waals surface area (Å²) in [6.07, 6.45) is 9.50. The number of carbonyl (C=O) groups is 4. The predicted molar refractivity (Wildman–Crippen MR) is 150 cm³/mol. The third kappa shape index (κ3) is 5.84. The number of esters is 3. The first-order valence-electron chi connectivity index (χ1n) is 15.3. The van der Waals surface area contributed by atoms with E-state index in [2.05, 4.69) is 13.8 Å². The van der Waals surface area contributed by atoms with Crippen molar-refractivity contribution in [1.29, 1.82) is 0 Å². The molecule has 0 N–H and O–H groups in total. The molecular weight excluding hydrogens is 510 g/mol. The molecule has 8 atom stereocenters. The van der Waals surface area contributed by atoms with E-state index in [0.29, 0.717) is 29.5 Å². The summed E-state index contributed by atoms with van der Waals surface area (Å²) in [5, 5.41) is 0. The van der Waals surface area contributed by atoms with Gasteiger partial charge in [0, 0.05) is 5.92 Å². The Morgan fingerprint density at radius 1 is 0.850 bits per heavy atom.